The summed E-state index contributed by atoms with van der Waals surface area (Å²) in [6, 6.07) is 3.89. The van der Waals surface area contributed by atoms with Crippen molar-refractivity contribution in [3.63, 3.8) is 0 Å². The summed E-state index contributed by atoms with van der Waals surface area (Å²) < 4.78 is 10.6. The number of hydrogen-bond acceptors (Lipinski definition) is 6. The van der Waals surface area contributed by atoms with Gasteiger partial charge in [-0.25, -0.2) is 0 Å². The Morgan fingerprint density at radius 3 is 3.20 bits per heavy atom. The Labute approximate surface area is 115 Å². The van der Waals surface area contributed by atoms with Crippen LogP contribution in [0.4, 0.5) is 6.01 Å². The molecule has 2 aromatic heterocycles. The molecule has 2 N–H and O–H groups in total. The van der Waals surface area contributed by atoms with Gasteiger partial charge in [-0.3, -0.25) is 10.1 Å². The van der Waals surface area contributed by atoms with Crippen molar-refractivity contribution in [2.24, 2.45) is 0 Å². The van der Waals surface area contributed by atoms with E-state index in [-0.39, 0.29) is 18.0 Å². The van der Waals surface area contributed by atoms with Crippen LogP contribution in [0.5, 0.6) is 0 Å². The highest BCUT2D eigenvalue weighted by atomic mass is 16.4. The third kappa shape index (κ3) is 3.05. The van der Waals surface area contributed by atoms with E-state index in [4.69, 9.17) is 8.83 Å². The molecule has 7 nitrogen and oxygen atoms in total. The maximum absolute atomic E-state index is 11.7. The predicted molar refractivity (Wildman–Crippen MR) is 69.9 cm³/mol. The molecule has 0 saturated carbocycles. The molecule has 3 rings (SSSR count). The monoisotopic (exact) mass is 276 g/mol. The number of furan rings is 1. The van der Waals surface area contributed by atoms with Gasteiger partial charge in [-0.05, 0) is 31.5 Å². The number of carbonyl (C=O) groups is 1. The van der Waals surface area contributed by atoms with E-state index in [1.807, 2.05) is 6.07 Å². The van der Waals surface area contributed by atoms with Crippen LogP contribution in [0.1, 0.15) is 37.0 Å². The second kappa shape index (κ2) is 5.87. The third-order valence-corrected chi connectivity index (χ3v) is 3.22. The van der Waals surface area contributed by atoms with Crippen molar-refractivity contribution in [3.05, 3.63) is 30.0 Å². The lowest BCUT2D eigenvalue weighted by atomic mass is 10.2. The predicted octanol–water partition coefficient (Wildman–Crippen LogP) is 1.66. The Hall–Kier alpha value is -2.15. The zero-order valence-corrected chi connectivity index (χ0v) is 11.0. The maximum atomic E-state index is 11.7. The van der Waals surface area contributed by atoms with E-state index in [0.29, 0.717) is 18.7 Å². The SMILES string of the molecule is O=C(CCc1ccco1)Nc1nnc(C2CCCN2)o1. The molecule has 1 aliphatic heterocycles. The molecule has 0 spiro atoms. The van der Waals surface area contributed by atoms with E-state index in [1.54, 1.807) is 12.3 Å². The van der Waals surface area contributed by atoms with Gasteiger partial charge in [0.15, 0.2) is 0 Å². The molecule has 0 bridgehead atoms. The number of hydrogen-bond donors (Lipinski definition) is 2. The molecular weight excluding hydrogens is 260 g/mol. The molecule has 1 amide bonds. The lowest BCUT2D eigenvalue weighted by molar-refractivity contribution is -0.116. The number of rotatable bonds is 5. The largest absolute Gasteiger partial charge is 0.469 e. The summed E-state index contributed by atoms with van der Waals surface area (Å²) in [6.07, 6.45) is 4.52. The smallest absolute Gasteiger partial charge is 0.322 e. The Bertz CT molecular complexity index is 558. The van der Waals surface area contributed by atoms with Gasteiger partial charge in [-0.1, -0.05) is 5.10 Å². The lowest BCUT2D eigenvalue weighted by Gasteiger charge is -2.02. The van der Waals surface area contributed by atoms with Crippen LogP contribution in [0.3, 0.4) is 0 Å². The first kappa shape index (κ1) is 12.9. The number of amides is 1. The fourth-order valence-corrected chi connectivity index (χ4v) is 2.19. The second-order valence-corrected chi connectivity index (χ2v) is 4.72. The summed E-state index contributed by atoms with van der Waals surface area (Å²) in [5.74, 6) is 1.14. The van der Waals surface area contributed by atoms with Gasteiger partial charge in [-0.15, -0.1) is 5.10 Å². The van der Waals surface area contributed by atoms with Crippen molar-refractivity contribution in [1.29, 1.82) is 0 Å². The van der Waals surface area contributed by atoms with Gasteiger partial charge in [0.1, 0.15) is 5.76 Å². The van der Waals surface area contributed by atoms with E-state index in [9.17, 15) is 4.79 Å². The molecule has 0 aliphatic carbocycles. The first-order valence-electron chi connectivity index (χ1n) is 6.70. The molecule has 1 saturated heterocycles. The van der Waals surface area contributed by atoms with Crippen molar-refractivity contribution >= 4 is 11.9 Å². The molecule has 1 atom stereocenters. The van der Waals surface area contributed by atoms with Gasteiger partial charge in [0.2, 0.25) is 11.8 Å². The van der Waals surface area contributed by atoms with Gasteiger partial charge < -0.3 is 14.2 Å². The highest BCUT2D eigenvalue weighted by molar-refractivity contribution is 5.88. The van der Waals surface area contributed by atoms with Gasteiger partial charge in [0, 0.05) is 12.8 Å². The van der Waals surface area contributed by atoms with Crippen LogP contribution in [0.25, 0.3) is 0 Å². The molecule has 0 radical (unpaired) electrons. The van der Waals surface area contributed by atoms with E-state index in [2.05, 4.69) is 20.8 Å². The van der Waals surface area contributed by atoms with Gasteiger partial charge in [-0.2, -0.15) is 0 Å². The number of carbonyl (C=O) groups excluding carboxylic acids is 1. The molecule has 1 fully saturated rings. The minimum absolute atomic E-state index is 0.108. The number of aryl methyl sites for hydroxylation is 1. The highest BCUT2D eigenvalue weighted by Gasteiger charge is 2.22. The van der Waals surface area contributed by atoms with Crippen molar-refractivity contribution in [2.45, 2.75) is 31.7 Å². The molecule has 3 heterocycles. The molecule has 2 aromatic rings. The zero-order valence-electron chi connectivity index (χ0n) is 11.0. The summed E-state index contributed by atoms with van der Waals surface area (Å²) >= 11 is 0. The summed E-state index contributed by atoms with van der Waals surface area (Å²) in [7, 11) is 0. The highest BCUT2D eigenvalue weighted by Crippen LogP contribution is 2.22. The van der Waals surface area contributed by atoms with Crippen LogP contribution in [0.15, 0.2) is 27.2 Å². The molecule has 20 heavy (non-hydrogen) atoms. The van der Waals surface area contributed by atoms with E-state index in [0.717, 1.165) is 25.1 Å². The van der Waals surface area contributed by atoms with Crippen LogP contribution in [-0.4, -0.2) is 22.6 Å². The standard InChI is InChI=1S/C13H16N4O3/c18-11(6-5-9-3-2-8-19-9)15-13-17-16-12(20-13)10-4-1-7-14-10/h2-3,8,10,14H,1,4-7H2,(H,15,17,18). The van der Waals surface area contributed by atoms with Crippen LogP contribution in [0.2, 0.25) is 0 Å². The van der Waals surface area contributed by atoms with E-state index < -0.39 is 0 Å². The average molecular weight is 276 g/mol. The van der Waals surface area contributed by atoms with Crippen LogP contribution in [-0.2, 0) is 11.2 Å². The number of nitrogens with one attached hydrogen (secondary N) is 2. The summed E-state index contributed by atoms with van der Waals surface area (Å²) in [5.41, 5.74) is 0. The van der Waals surface area contributed by atoms with Gasteiger partial charge in [0.05, 0.1) is 12.3 Å². The molecule has 1 unspecified atom stereocenters. The maximum Gasteiger partial charge on any atom is 0.322 e. The Morgan fingerprint density at radius 2 is 2.45 bits per heavy atom. The Morgan fingerprint density at radius 1 is 1.50 bits per heavy atom. The molecule has 1 aliphatic rings. The van der Waals surface area contributed by atoms with E-state index in [1.165, 1.54) is 0 Å². The summed E-state index contributed by atoms with van der Waals surface area (Å²) in [4.78, 5) is 11.7. The normalized spacial score (nSPS) is 18.3. The van der Waals surface area contributed by atoms with Crippen molar-refractivity contribution in [3.8, 4) is 0 Å². The molecule has 106 valence electrons. The number of nitrogens with zero attached hydrogens (tertiary/aromatic N) is 2. The van der Waals surface area contributed by atoms with Gasteiger partial charge >= 0.3 is 6.01 Å². The topological polar surface area (TPSA) is 93.2 Å². The van der Waals surface area contributed by atoms with Crippen LogP contribution < -0.4 is 10.6 Å². The van der Waals surface area contributed by atoms with Crippen molar-refractivity contribution in [1.82, 2.24) is 15.5 Å². The average Bonchev–Trinajstić information content (AvgIpc) is 3.18. The molecule has 7 heteroatoms. The molecule has 0 aromatic carbocycles. The number of aromatic nitrogens is 2. The van der Waals surface area contributed by atoms with E-state index >= 15 is 0 Å². The van der Waals surface area contributed by atoms with Crippen molar-refractivity contribution < 1.29 is 13.6 Å². The van der Waals surface area contributed by atoms with Crippen LogP contribution >= 0.6 is 0 Å². The summed E-state index contributed by atoms with van der Waals surface area (Å²) in [5, 5.41) is 13.6. The third-order valence-electron chi connectivity index (χ3n) is 3.22. The second-order valence-electron chi connectivity index (χ2n) is 4.72. The lowest BCUT2D eigenvalue weighted by Crippen LogP contribution is -2.13. The van der Waals surface area contributed by atoms with Gasteiger partial charge in [0.25, 0.3) is 0 Å². The molecular formula is C13H16N4O3. The Balaban J connectivity index is 1.50. The van der Waals surface area contributed by atoms with Crippen molar-refractivity contribution in [2.75, 3.05) is 11.9 Å². The quantitative estimate of drug-likeness (QED) is 0.862. The minimum atomic E-state index is -0.170. The fraction of sp³-hybridized carbons (Fsp3) is 0.462. The Kier molecular flexibility index (Phi) is 3.78. The fourth-order valence-electron chi connectivity index (χ4n) is 2.19. The first-order valence-corrected chi connectivity index (χ1v) is 6.70. The van der Waals surface area contributed by atoms with Crippen LogP contribution in [0, 0.1) is 0 Å². The first-order chi connectivity index (χ1) is 9.81. The summed E-state index contributed by atoms with van der Waals surface area (Å²) in [6.45, 7) is 0.956. The number of anilines is 1. The minimum Gasteiger partial charge on any atom is -0.469 e. The zero-order chi connectivity index (χ0) is 13.8.